The second kappa shape index (κ2) is 6.14. The molecule has 0 bridgehead atoms. The third kappa shape index (κ3) is 3.52. The van der Waals surface area contributed by atoms with Gasteiger partial charge in [0.05, 0.1) is 0 Å². The van der Waals surface area contributed by atoms with E-state index in [0.717, 1.165) is 23.5 Å². The Morgan fingerprint density at radius 3 is 2.95 bits per heavy atom. The second-order valence-electron chi connectivity index (χ2n) is 4.61. The molecule has 0 spiro atoms. The van der Waals surface area contributed by atoms with Gasteiger partial charge in [-0.1, -0.05) is 0 Å². The lowest BCUT2D eigenvalue weighted by molar-refractivity contribution is -0.144. The van der Waals surface area contributed by atoms with Crippen LogP contribution in [0.5, 0.6) is 0 Å². The van der Waals surface area contributed by atoms with Crippen LogP contribution in [0, 0.1) is 0 Å². The molecule has 19 heavy (non-hydrogen) atoms. The molecule has 0 aromatic rings. The minimum absolute atomic E-state index is 0.0419. The molecule has 2 aliphatic heterocycles. The summed E-state index contributed by atoms with van der Waals surface area (Å²) in [5, 5.41) is 14.6. The lowest BCUT2D eigenvalue weighted by Crippen LogP contribution is -2.61. The van der Waals surface area contributed by atoms with E-state index in [4.69, 9.17) is 5.11 Å². The first-order valence-corrected chi connectivity index (χ1v) is 7.28. The monoisotopic (exact) mass is 287 g/mol. The highest BCUT2D eigenvalue weighted by Gasteiger charge is 2.35. The molecule has 7 nitrogen and oxygen atoms in total. The number of carboxylic acids is 1. The van der Waals surface area contributed by atoms with Gasteiger partial charge in [0, 0.05) is 18.3 Å². The molecule has 0 saturated carbocycles. The van der Waals surface area contributed by atoms with E-state index in [1.807, 2.05) is 11.8 Å². The molecule has 0 aliphatic carbocycles. The summed E-state index contributed by atoms with van der Waals surface area (Å²) in [6, 6.07) is -1.47. The minimum atomic E-state index is -1.11. The number of rotatable bonds is 3. The van der Waals surface area contributed by atoms with Crippen molar-refractivity contribution in [3.63, 3.8) is 0 Å². The maximum absolute atomic E-state index is 12.0. The van der Waals surface area contributed by atoms with Gasteiger partial charge in [0.1, 0.15) is 12.6 Å². The van der Waals surface area contributed by atoms with E-state index in [1.165, 1.54) is 0 Å². The summed E-state index contributed by atoms with van der Waals surface area (Å²) < 4.78 is 0. The number of aliphatic carboxylic acids is 1. The smallest absolute Gasteiger partial charge is 0.328 e. The Morgan fingerprint density at radius 2 is 2.32 bits per heavy atom. The molecule has 2 atom stereocenters. The van der Waals surface area contributed by atoms with E-state index in [1.54, 1.807) is 0 Å². The predicted molar refractivity (Wildman–Crippen MR) is 70.0 cm³/mol. The zero-order valence-electron chi connectivity index (χ0n) is 10.4. The Balaban J connectivity index is 1.90. The molecule has 2 fully saturated rings. The Bertz CT molecular complexity index is 384. The summed E-state index contributed by atoms with van der Waals surface area (Å²) in [5.74, 6) is -0.335. The lowest BCUT2D eigenvalue weighted by atomic mass is 10.2. The average Bonchev–Trinajstić information content (AvgIpc) is 2.88. The van der Waals surface area contributed by atoms with Gasteiger partial charge in [0.15, 0.2) is 0 Å². The van der Waals surface area contributed by atoms with E-state index < -0.39 is 18.0 Å². The fourth-order valence-electron chi connectivity index (χ4n) is 2.18. The maximum Gasteiger partial charge on any atom is 0.328 e. The van der Waals surface area contributed by atoms with E-state index >= 15 is 0 Å². The van der Waals surface area contributed by atoms with Crippen LogP contribution in [0.1, 0.15) is 12.8 Å². The molecule has 2 unspecified atom stereocenters. The lowest BCUT2D eigenvalue weighted by Gasteiger charge is -2.32. The first-order chi connectivity index (χ1) is 9.08. The molecule has 3 N–H and O–H groups in total. The fraction of sp³-hybridized carbons (Fsp3) is 0.727. The summed E-state index contributed by atoms with van der Waals surface area (Å²) in [6.45, 7) is 0.272. The molecule has 106 valence electrons. The van der Waals surface area contributed by atoms with E-state index in [2.05, 4.69) is 10.6 Å². The van der Waals surface area contributed by atoms with Crippen LogP contribution >= 0.6 is 11.8 Å². The first-order valence-electron chi connectivity index (χ1n) is 6.23. The summed E-state index contributed by atoms with van der Waals surface area (Å²) in [6.07, 6.45) is 2.21. The molecule has 0 radical (unpaired) electrons. The van der Waals surface area contributed by atoms with Crippen LogP contribution in [-0.2, 0) is 9.59 Å². The molecular weight excluding hydrogens is 270 g/mol. The third-order valence-corrected chi connectivity index (χ3v) is 4.63. The number of thioether (sulfide) groups is 1. The number of carboxylic acid groups (broad SMARTS) is 1. The number of piperazine rings is 1. The van der Waals surface area contributed by atoms with Gasteiger partial charge in [-0.05, 0) is 18.6 Å². The number of hydrogen-bond donors (Lipinski definition) is 3. The zero-order valence-corrected chi connectivity index (χ0v) is 11.2. The molecule has 2 aliphatic rings. The van der Waals surface area contributed by atoms with Crippen LogP contribution < -0.4 is 10.6 Å². The second-order valence-corrected chi connectivity index (χ2v) is 6.02. The molecule has 0 aromatic heterocycles. The molecule has 2 saturated heterocycles. The van der Waals surface area contributed by atoms with Crippen LogP contribution in [0.15, 0.2) is 0 Å². The SMILES string of the molecule is O=C1CN(C(=O)NCC2CCCS2)C(C(=O)O)CN1. The summed E-state index contributed by atoms with van der Waals surface area (Å²) >= 11 is 1.81. The van der Waals surface area contributed by atoms with Gasteiger partial charge in [-0.2, -0.15) is 11.8 Å². The fourth-order valence-corrected chi connectivity index (χ4v) is 3.38. The number of nitrogens with one attached hydrogen (secondary N) is 2. The standard InChI is InChI=1S/C11H17N3O4S/c15-9-6-14(8(5-12-9)10(16)17)11(18)13-4-7-2-1-3-19-7/h7-8H,1-6H2,(H,12,15)(H,13,18)(H,16,17). The van der Waals surface area contributed by atoms with Gasteiger partial charge in [-0.25, -0.2) is 9.59 Å². The topological polar surface area (TPSA) is 98.7 Å². The number of carbonyl (C=O) groups is 3. The van der Waals surface area contributed by atoms with Crippen molar-refractivity contribution >= 4 is 29.7 Å². The van der Waals surface area contributed by atoms with Crippen LogP contribution in [0.2, 0.25) is 0 Å². The number of nitrogens with zero attached hydrogens (tertiary/aromatic N) is 1. The van der Waals surface area contributed by atoms with Crippen LogP contribution in [0.3, 0.4) is 0 Å². The highest BCUT2D eigenvalue weighted by atomic mass is 32.2. The van der Waals surface area contributed by atoms with E-state index in [9.17, 15) is 14.4 Å². The summed E-state index contributed by atoms with van der Waals surface area (Å²) in [7, 11) is 0. The normalized spacial score (nSPS) is 26.9. The van der Waals surface area contributed by atoms with E-state index in [-0.39, 0.29) is 19.0 Å². The van der Waals surface area contributed by atoms with Gasteiger partial charge < -0.3 is 15.7 Å². The third-order valence-electron chi connectivity index (χ3n) is 3.23. The zero-order chi connectivity index (χ0) is 13.8. The molecule has 3 amide bonds. The highest BCUT2D eigenvalue weighted by Crippen LogP contribution is 2.25. The summed E-state index contributed by atoms with van der Waals surface area (Å²) in [5.41, 5.74) is 0. The van der Waals surface area contributed by atoms with Crippen molar-refractivity contribution in [2.45, 2.75) is 24.1 Å². The van der Waals surface area contributed by atoms with Crippen molar-refractivity contribution in [1.82, 2.24) is 15.5 Å². The van der Waals surface area contributed by atoms with Crippen molar-refractivity contribution in [2.24, 2.45) is 0 Å². The van der Waals surface area contributed by atoms with Crippen molar-refractivity contribution < 1.29 is 19.5 Å². The van der Waals surface area contributed by atoms with Gasteiger partial charge >= 0.3 is 12.0 Å². The minimum Gasteiger partial charge on any atom is -0.480 e. The largest absolute Gasteiger partial charge is 0.480 e. The number of carbonyl (C=O) groups excluding carboxylic acids is 2. The van der Waals surface area contributed by atoms with Gasteiger partial charge in [-0.3, -0.25) is 9.69 Å². The Hall–Kier alpha value is -1.44. The first kappa shape index (κ1) is 14.0. The highest BCUT2D eigenvalue weighted by molar-refractivity contribution is 8.00. The molecule has 2 rings (SSSR count). The van der Waals surface area contributed by atoms with Crippen LogP contribution in [0.4, 0.5) is 4.79 Å². The Morgan fingerprint density at radius 1 is 1.53 bits per heavy atom. The van der Waals surface area contributed by atoms with Crippen molar-refractivity contribution in [3.05, 3.63) is 0 Å². The molecule has 2 heterocycles. The van der Waals surface area contributed by atoms with E-state index in [0.29, 0.717) is 11.8 Å². The number of urea groups is 1. The summed E-state index contributed by atoms with van der Waals surface area (Å²) in [4.78, 5) is 35.4. The van der Waals surface area contributed by atoms with Gasteiger partial charge in [0.2, 0.25) is 5.91 Å². The average molecular weight is 287 g/mol. The van der Waals surface area contributed by atoms with Crippen LogP contribution in [-0.4, -0.2) is 64.6 Å². The number of amides is 3. The quantitative estimate of drug-likeness (QED) is 0.648. The Kier molecular flexibility index (Phi) is 4.52. The molecular formula is C11H17N3O4S. The Labute approximate surface area is 115 Å². The maximum atomic E-state index is 12.0. The van der Waals surface area contributed by atoms with Gasteiger partial charge in [0.25, 0.3) is 0 Å². The van der Waals surface area contributed by atoms with Gasteiger partial charge in [-0.15, -0.1) is 0 Å². The van der Waals surface area contributed by atoms with Crippen LogP contribution in [0.25, 0.3) is 0 Å². The molecule has 0 aromatic carbocycles. The van der Waals surface area contributed by atoms with Crippen molar-refractivity contribution in [3.8, 4) is 0 Å². The number of hydrogen-bond acceptors (Lipinski definition) is 4. The van der Waals surface area contributed by atoms with Crippen molar-refractivity contribution in [1.29, 1.82) is 0 Å². The molecule has 8 heteroatoms. The predicted octanol–water partition coefficient (Wildman–Crippen LogP) is -0.523. The van der Waals surface area contributed by atoms with Crippen molar-refractivity contribution in [2.75, 3.05) is 25.4 Å².